The minimum absolute atomic E-state index is 0.257. The predicted molar refractivity (Wildman–Crippen MR) is 65.5 cm³/mol. The number of carbonyl (C=O) groups excluding carboxylic acids is 1. The minimum Gasteiger partial charge on any atom is -0.390 e. The van der Waals surface area contributed by atoms with Gasteiger partial charge in [-0.2, -0.15) is 0 Å². The largest absolute Gasteiger partial charge is 0.390 e. The molecule has 1 rings (SSSR count). The van der Waals surface area contributed by atoms with E-state index in [-0.39, 0.29) is 6.42 Å². The molecule has 0 aliphatic carbocycles. The van der Waals surface area contributed by atoms with Gasteiger partial charge >= 0.3 is 0 Å². The van der Waals surface area contributed by atoms with E-state index >= 15 is 0 Å². The number of primary amides is 1. The summed E-state index contributed by atoms with van der Waals surface area (Å²) in [7, 11) is 3.76. The van der Waals surface area contributed by atoms with Crippen LogP contribution >= 0.6 is 0 Å². The molecular weight excluding hydrogens is 220 g/mol. The van der Waals surface area contributed by atoms with Crippen LogP contribution in [-0.4, -0.2) is 36.3 Å². The van der Waals surface area contributed by atoms with E-state index in [0.29, 0.717) is 5.56 Å². The SMILES string of the molecule is CN(C)c1cccc(C(O)C(O)CC(N)=O)c1. The Bertz CT molecular complexity index is 393. The molecule has 0 saturated carbocycles. The first kappa shape index (κ1) is 13.5. The minimum atomic E-state index is -1.18. The molecule has 0 bridgehead atoms. The van der Waals surface area contributed by atoms with Crippen molar-refractivity contribution in [3.63, 3.8) is 0 Å². The lowest BCUT2D eigenvalue weighted by Crippen LogP contribution is -2.25. The normalized spacial score (nSPS) is 14.1. The molecule has 0 spiro atoms. The maximum Gasteiger partial charge on any atom is 0.220 e. The van der Waals surface area contributed by atoms with Gasteiger partial charge in [-0.1, -0.05) is 12.1 Å². The van der Waals surface area contributed by atoms with Gasteiger partial charge in [-0.05, 0) is 17.7 Å². The molecule has 17 heavy (non-hydrogen) atoms. The summed E-state index contributed by atoms with van der Waals surface area (Å²) in [4.78, 5) is 12.5. The maximum absolute atomic E-state index is 10.7. The lowest BCUT2D eigenvalue weighted by atomic mass is 10.0. The molecule has 1 amide bonds. The fraction of sp³-hybridized carbons (Fsp3) is 0.417. The number of benzene rings is 1. The van der Waals surface area contributed by atoms with Gasteiger partial charge in [0.1, 0.15) is 6.10 Å². The molecule has 2 atom stereocenters. The first-order valence-electron chi connectivity index (χ1n) is 5.33. The molecule has 0 aliphatic rings. The second-order valence-corrected chi connectivity index (χ2v) is 4.17. The Morgan fingerprint density at radius 1 is 1.41 bits per heavy atom. The quantitative estimate of drug-likeness (QED) is 0.675. The maximum atomic E-state index is 10.7. The van der Waals surface area contributed by atoms with Crippen molar-refractivity contribution in [2.45, 2.75) is 18.6 Å². The van der Waals surface area contributed by atoms with Crippen LogP contribution in [0.2, 0.25) is 0 Å². The van der Waals surface area contributed by atoms with Crippen molar-refractivity contribution in [2.24, 2.45) is 5.73 Å². The van der Waals surface area contributed by atoms with Gasteiger partial charge in [-0.25, -0.2) is 0 Å². The van der Waals surface area contributed by atoms with Crippen LogP contribution < -0.4 is 10.6 Å². The van der Waals surface area contributed by atoms with Gasteiger partial charge in [0.05, 0.1) is 12.5 Å². The van der Waals surface area contributed by atoms with E-state index in [1.54, 1.807) is 18.2 Å². The topological polar surface area (TPSA) is 86.8 Å². The van der Waals surface area contributed by atoms with Crippen molar-refractivity contribution < 1.29 is 15.0 Å². The number of carbonyl (C=O) groups is 1. The number of hydrogen-bond donors (Lipinski definition) is 3. The zero-order valence-corrected chi connectivity index (χ0v) is 10.00. The van der Waals surface area contributed by atoms with E-state index in [0.717, 1.165) is 5.69 Å². The predicted octanol–water partition coefficient (Wildman–Crippen LogP) is 0.0223. The van der Waals surface area contributed by atoms with E-state index < -0.39 is 18.1 Å². The summed E-state index contributed by atoms with van der Waals surface area (Å²) < 4.78 is 0. The van der Waals surface area contributed by atoms with Gasteiger partial charge in [0.2, 0.25) is 5.91 Å². The second-order valence-electron chi connectivity index (χ2n) is 4.17. The number of aliphatic hydroxyl groups is 2. The molecule has 0 aliphatic heterocycles. The van der Waals surface area contributed by atoms with Gasteiger partial charge in [0.15, 0.2) is 0 Å². The molecular formula is C12H18N2O3. The van der Waals surface area contributed by atoms with Crippen LogP contribution in [0.25, 0.3) is 0 Å². The smallest absolute Gasteiger partial charge is 0.220 e. The summed E-state index contributed by atoms with van der Waals surface area (Å²) >= 11 is 0. The van der Waals surface area contributed by atoms with Crippen LogP contribution in [0.1, 0.15) is 18.1 Å². The van der Waals surface area contributed by atoms with Crippen LogP contribution in [0.15, 0.2) is 24.3 Å². The molecule has 0 fully saturated rings. The number of rotatable bonds is 5. The van der Waals surface area contributed by atoms with Crippen molar-refractivity contribution in [3.8, 4) is 0 Å². The number of aliphatic hydroxyl groups excluding tert-OH is 2. The van der Waals surface area contributed by atoms with E-state index in [2.05, 4.69) is 0 Å². The summed E-state index contributed by atoms with van der Waals surface area (Å²) in [6.07, 6.45) is -2.54. The fourth-order valence-electron chi connectivity index (χ4n) is 1.53. The Kier molecular flexibility index (Phi) is 4.48. The molecule has 1 aromatic rings. The van der Waals surface area contributed by atoms with E-state index in [9.17, 15) is 15.0 Å². The summed E-state index contributed by atoms with van der Waals surface area (Å²) in [5.74, 6) is -0.639. The molecule has 4 N–H and O–H groups in total. The molecule has 0 aromatic heterocycles. The van der Waals surface area contributed by atoms with Gasteiger partial charge in [0.25, 0.3) is 0 Å². The van der Waals surface area contributed by atoms with Crippen LogP contribution in [0.4, 0.5) is 5.69 Å². The molecule has 0 heterocycles. The Morgan fingerprint density at radius 3 is 2.59 bits per heavy atom. The summed E-state index contributed by atoms with van der Waals surface area (Å²) in [6, 6.07) is 7.12. The standard InChI is InChI=1S/C12H18N2O3/c1-14(2)9-5-3-4-8(6-9)12(17)10(15)7-11(13)16/h3-6,10,12,15,17H,7H2,1-2H3,(H2,13,16). The summed E-state index contributed by atoms with van der Waals surface area (Å²) in [6.45, 7) is 0. The number of anilines is 1. The van der Waals surface area contributed by atoms with Crippen molar-refractivity contribution in [2.75, 3.05) is 19.0 Å². The first-order valence-corrected chi connectivity index (χ1v) is 5.33. The number of nitrogens with zero attached hydrogens (tertiary/aromatic N) is 1. The number of hydrogen-bond acceptors (Lipinski definition) is 4. The number of amides is 1. The number of nitrogens with two attached hydrogens (primary N) is 1. The van der Waals surface area contributed by atoms with Crippen molar-refractivity contribution >= 4 is 11.6 Å². The third kappa shape index (κ3) is 3.72. The third-order valence-corrected chi connectivity index (χ3v) is 2.50. The molecule has 2 unspecified atom stereocenters. The van der Waals surface area contributed by atoms with E-state index in [1.807, 2.05) is 25.1 Å². The molecule has 0 radical (unpaired) electrons. The Hall–Kier alpha value is -1.59. The molecule has 0 saturated heterocycles. The van der Waals surface area contributed by atoms with E-state index in [1.165, 1.54) is 0 Å². The van der Waals surface area contributed by atoms with Crippen molar-refractivity contribution in [1.82, 2.24) is 0 Å². The lowest BCUT2D eigenvalue weighted by Gasteiger charge is -2.19. The van der Waals surface area contributed by atoms with Crippen LogP contribution in [-0.2, 0) is 4.79 Å². The summed E-state index contributed by atoms with van der Waals surface area (Å²) in [5, 5.41) is 19.5. The van der Waals surface area contributed by atoms with Crippen molar-refractivity contribution in [3.05, 3.63) is 29.8 Å². The van der Waals surface area contributed by atoms with Gasteiger partial charge in [-0.3, -0.25) is 4.79 Å². The Morgan fingerprint density at radius 2 is 2.06 bits per heavy atom. The van der Waals surface area contributed by atoms with Crippen LogP contribution in [0.3, 0.4) is 0 Å². The van der Waals surface area contributed by atoms with Crippen LogP contribution in [0.5, 0.6) is 0 Å². The average molecular weight is 238 g/mol. The zero-order chi connectivity index (χ0) is 13.0. The van der Waals surface area contributed by atoms with Gasteiger partial charge in [0, 0.05) is 19.8 Å². The Labute approximate surface area is 100 Å². The highest BCUT2D eigenvalue weighted by Gasteiger charge is 2.20. The summed E-state index contributed by atoms with van der Waals surface area (Å²) in [5.41, 5.74) is 6.44. The molecule has 5 heteroatoms. The third-order valence-electron chi connectivity index (χ3n) is 2.50. The molecule has 94 valence electrons. The Balaban J connectivity index is 2.84. The molecule has 1 aromatic carbocycles. The highest BCUT2D eigenvalue weighted by molar-refractivity contribution is 5.74. The van der Waals surface area contributed by atoms with Crippen molar-refractivity contribution in [1.29, 1.82) is 0 Å². The average Bonchev–Trinajstić information content (AvgIpc) is 2.27. The second kappa shape index (κ2) is 5.65. The van der Waals surface area contributed by atoms with Gasteiger partial charge in [-0.15, -0.1) is 0 Å². The fourth-order valence-corrected chi connectivity index (χ4v) is 1.53. The zero-order valence-electron chi connectivity index (χ0n) is 10.00. The monoisotopic (exact) mass is 238 g/mol. The molecule has 5 nitrogen and oxygen atoms in total. The van der Waals surface area contributed by atoms with E-state index in [4.69, 9.17) is 5.73 Å². The highest BCUT2D eigenvalue weighted by Crippen LogP contribution is 2.22. The first-order chi connectivity index (χ1) is 7.91. The highest BCUT2D eigenvalue weighted by atomic mass is 16.3. The van der Waals surface area contributed by atoms with Gasteiger partial charge < -0.3 is 20.8 Å². The van der Waals surface area contributed by atoms with Crippen LogP contribution in [0, 0.1) is 0 Å². The lowest BCUT2D eigenvalue weighted by molar-refractivity contribution is -0.121.